The molecule has 132 valence electrons. The van der Waals surface area contributed by atoms with Gasteiger partial charge in [-0.1, -0.05) is 48.5 Å². The third-order valence-electron chi connectivity index (χ3n) is 4.25. The molecule has 3 heterocycles. The van der Waals surface area contributed by atoms with Gasteiger partial charge in [-0.3, -0.25) is 0 Å². The van der Waals surface area contributed by atoms with Crippen molar-refractivity contribution in [3.63, 3.8) is 0 Å². The van der Waals surface area contributed by atoms with E-state index in [2.05, 4.69) is 32.8 Å². The van der Waals surface area contributed by atoms with Crippen LogP contribution in [0.4, 0.5) is 0 Å². The highest BCUT2D eigenvalue weighted by Gasteiger charge is 2.15. The zero-order valence-corrected chi connectivity index (χ0v) is 15.3. The fourth-order valence-electron chi connectivity index (χ4n) is 3.04. The Morgan fingerprint density at radius 3 is 2.70 bits per heavy atom. The number of tetrazole rings is 1. The fourth-order valence-corrected chi connectivity index (χ4v) is 3.91. The lowest BCUT2D eigenvalue weighted by molar-refractivity contribution is 0.602. The number of nitrogens with zero attached hydrogens (tertiary/aromatic N) is 7. The fraction of sp³-hybridized carbons (Fsp3) is 0.105. The summed E-state index contributed by atoms with van der Waals surface area (Å²) in [5, 5.41) is 19.3. The van der Waals surface area contributed by atoms with Gasteiger partial charge < -0.3 is 0 Å². The minimum absolute atomic E-state index is 0.613. The van der Waals surface area contributed by atoms with Crippen molar-refractivity contribution in [2.24, 2.45) is 0 Å². The Balaban J connectivity index is 1.58. The molecule has 3 aromatic heterocycles. The van der Waals surface area contributed by atoms with E-state index in [-0.39, 0.29) is 0 Å². The number of hydrogen-bond donors (Lipinski definition) is 0. The number of aryl methyl sites for hydroxylation is 1. The summed E-state index contributed by atoms with van der Waals surface area (Å²) in [6.07, 6.45) is 0. The molecule has 8 heteroatoms. The van der Waals surface area contributed by atoms with Gasteiger partial charge in [0.25, 0.3) is 0 Å². The van der Waals surface area contributed by atoms with Crippen LogP contribution in [0.5, 0.6) is 0 Å². The van der Waals surface area contributed by atoms with Crippen LogP contribution >= 0.6 is 11.8 Å². The second-order valence-corrected chi connectivity index (χ2v) is 7.15. The highest BCUT2D eigenvalue weighted by Crippen LogP contribution is 2.31. The van der Waals surface area contributed by atoms with E-state index < -0.39 is 0 Å². The first-order chi connectivity index (χ1) is 13.3. The highest BCUT2D eigenvalue weighted by atomic mass is 32.2. The van der Waals surface area contributed by atoms with E-state index in [4.69, 9.17) is 4.98 Å². The summed E-state index contributed by atoms with van der Waals surface area (Å²) in [7, 11) is 0. The molecular formula is C19H15N7S. The van der Waals surface area contributed by atoms with Crippen molar-refractivity contribution in [1.29, 1.82) is 0 Å². The molecule has 5 aromatic rings. The first-order valence-corrected chi connectivity index (χ1v) is 9.33. The minimum atomic E-state index is 0.613. The van der Waals surface area contributed by atoms with E-state index in [0.717, 1.165) is 32.8 Å². The third kappa shape index (κ3) is 2.93. The zero-order chi connectivity index (χ0) is 18.2. The zero-order valence-electron chi connectivity index (χ0n) is 14.5. The van der Waals surface area contributed by atoms with E-state index >= 15 is 0 Å². The average Bonchev–Trinajstić information content (AvgIpc) is 3.28. The van der Waals surface area contributed by atoms with E-state index in [9.17, 15) is 0 Å². The Hall–Kier alpha value is -3.26. The Morgan fingerprint density at radius 1 is 1.00 bits per heavy atom. The number of fused-ring (bicyclic) bond motifs is 3. The van der Waals surface area contributed by atoms with Crippen LogP contribution < -0.4 is 0 Å². The van der Waals surface area contributed by atoms with E-state index in [1.165, 1.54) is 11.8 Å². The quantitative estimate of drug-likeness (QED) is 0.450. The lowest BCUT2D eigenvalue weighted by Gasteiger charge is -2.08. The topological polar surface area (TPSA) is 73.8 Å². The van der Waals surface area contributed by atoms with Crippen LogP contribution in [0.3, 0.4) is 0 Å². The van der Waals surface area contributed by atoms with Gasteiger partial charge in [-0.05, 0) is 40.7 Å². The Bertz CT molecular complexity index is 1240. The third-order valence-corrected chi connectivity index (χ3v) is 5.23. The van der Waals surface area contributed by atoms with Gasteiger partial charge in [0.05, 0.1) is 17.8 Å². The van der Waals surface area contributed by atoms with E-state index in [1.807, 2.05) is 60.0 Å². The number of hydrogen-bond acceptors (Lipinski definition) is 6. The lowest BCUT2D eigenvalue weighted by Crippen LogP contribution is -2.04. The number of aromatic nitrogens is 7. The van der Waals surface area contributed by atoms with Crippen LogP contribution in [-0.2, 0) is 6.54 Å². The van der Waals surface area contributed by atoms with Crippen molar-refractivity contribution in [2.75, 3.05) is 0 Å². The van der Waals surface area contributed by atoms with Crippen LogP contribution in [0.1, 0.15) is 11.3 Å². The van der Waals surface area contributed by atoms with Gasteiger partial charge in [-0.2, -0.15) is 5.10 Å². The van der Waals surface area contributed by atoms with Crippen molar-refractivity contribution in [3.8, 4) is 0 Å². The molecule has 0 fully saturated rings. The molecule has 27 heavy (non-hydrogen) atoms. The maximum Gasteiger partial charge on any atom is 0.215 e. The summed E-state index contributed by atoms with van der Waals surface area (Å²) in [5.74, 6) is 0. The van der Waals surface area contributed by atoms with E-state index in [0.29, 0.717) is 11.7 Å². The molecule has 0 unspecified atom stereocenters. The maximum atomic E-state index is 4.80. The van der Waals surface area contributed by atoms with Gasteiger partial charge in [0.1, 0.15) is 5.03 Å². The highest BCUT2D eigenvalue weighted by molar-refractivity contribution is 7.99. The second-order valence-electron chi connectivity index (χ2n) is 6.20. The van der Waals surface area contributed by atoms with Gasteiger partial charge in [0, 0.05) is 11.5 Å². The largest absolute Gasteiger partial charge is 0.221 e. The molecule has 0 aliphatic heterocycles. The molecule has 0 N–H and O–H groups in total. The van der Waals surface area contributed by atoms with Crippen LogP contribution in [0, 0.1) is 6.92 Å². The Labute approximate surface area is 159 Å². The first-order valence-electron chi connectivity index (χ1n) is 8.51. The monoisotopic (exact) mass is 373 g/mol. The number of benzene rings is 2. The maximum absolute atomic E-state index is 4.80. The molecular weight excluding hydrogens is 358 g/mol. The second kappa shape index (κ2) is 6.48. The molecule has 0 saturated carbocycles. The number of para-hydroxylation sites is 1. The predicted octanol–water partition coefficient (Wildman–Crippen LogP) is 3.38. The van der Waals surface area contributed by atoms with Gasteiger partial charge in [0.2, 0.25) is 5.16 Å². The molecule has 0 aliphatic carbocycles. The average molecular weight is 373 g/mol. The normalized spacial score (nSPS) is 11.4. The molecule has 5 rings (SSSR count). The summed E-state index contributed by atoms with van der Waals surface area (Å²) in [5.41, 5.74) is 3.91. The van der Waals surface area contributed by atoms with Crippen LogP contribution in [0.15, 0.2) is 70.8 Å². The Kier molecular flexibility index (Phi) is 3.83. The molecule has 0 bridgehead atoms. The van der Waals surface area contributed by atoms with Crippen molar-refractivity contribution in [2.45, 2.75) is 23.7 Å². The van der Waals surface area contributed by atoms with E-state index in [1.54, 1.807) is 4.68 Å². The van der Waals surface area contributed by atoms with Crippen molar-refractivity contribution < 1.29 is 0 Å². The SMILES string of the molecule is Cc1cc2nc(Sc3nnnn3Cc3ccccc3)c3ccccc3n2n1. The van der Waals surface area contributed by atoms with Gasteiger partial charge >= 0.3 is 0 Å². The first kappa shape index (κ1) is 16.0. The smallest absolute Gasteiger partial charge is 0.215 e. The minimum Gasteiger partial charge on any atom is -0.221 e. The summed E-state index contributed by atoms with van der Waals surface area (Å²) in [6, 6.07) is 20.2. The van der Waals surface area contributed by atoms with Gasteiger partial charge in [-0.25, -0.2) is 14.2 Å². The molecule has 2 aromatic carbocycles. The summed E-state index contributed by atoms with van der Waals surface area (Å²) >= 11 is 1.47. The molecule has 7 nitrogen and oxygen atoms in total. The van der Waals surface area contributed by atoms with Crippen LogP contribution in [0.2, 0.25) is 0 Å². The summed E-state index contributed by atoms with van der Waals surface area (Å²) in [6.45, 7) is 2.58. The summed E-state index contributed by atoms with van der Waals surface area (Å²) in [4.78, 5) is 4.80. The van der Waals surface area contributed by atoms with Crippen molar-refractivity contribution in [1.82, 2.24) is 34.8 Å². The molecule has 0 spiro atoms. The van der Waals surface area contributed by atoms with Crippen molar-refractivity contribution >= 4 is 28.3 Å². The molecule has 0 atom stereocenters. The van der Waals surface area contributed by atoms with Crippen LogP contribution in [0.25, 0.3) is 16.6 Å². The summed E-state index contributed by atoms with van der Waals surface area (Å²) < 4.78 is 3.67. The molecule has 0 radical (unpaired) electrons. The van der Waals surface area contributed by atoms with Gasteiger partial charge in [0.15, 0.2) is 5.65 Å². The standard InChI is InChI=1S/C19H15N7S/c1-13-11-17-20-18(15-9-5-6-10-16(15)26(17)22-13)27-19-21-23-24-25(19)12-14-7-3-2-4-8-14/h2-11H,12H2,1H3. The Morgan fingerprint density at radius 2 is 1.81 bits per heavy atom. The lowest BCUT2D eigenvalue weighted by atomic mass is 10.2. The molecule has 0 amide bonds. The molecule has 0 aliphatic rings. The van der Waals surface area contributed by atoms with Crippen molar-refractivity contribution in [3.05, 3.63) is 71.9 Å². The predicted molar refractivity (Wildman–Crippen MR) is 103 cm³/mol. The van der Waals surface area contributed by atoms with Crippen LogP contribution in [-0.4, -0.2) is 34.8 Å². The number of rotatable bonds is 4. The van der Waals surface area contributed by atoms with Gasteiger partial charge in [-0.15, -0.1) is 5.10 Å². The molecule has 0 saturated heterocycles.